The maximum atomic E-state index is 12.1. The summed E-state index contributed by atoms with van der Waals surface area (Å²) in [4.78, 5) is 46.3. The Kier molecular flexibility index (Phi) is 6.35. The Morgan fingerprint density at radius 2 is 1.50 bits per heavy atom. The molecule has 1 N–H and O–H groups in total. The molecule has 0 saturated carbocycles. The van der Waals surface area contributed by atoms with Crippen molar-refractivity contribution in [3.8, 4) is 0 Å². The Bertz CT molecular complexity index is 1090. The molecular formula is C23H20N6O3. The standard InChI is InChI=1S/C23H20N6O3/c30-20-13-21(31)26-23(32)22(20)28-27-18-9-1-2-10-19(18)29(14-16-7-3-5-11-24-16)15-17-8-4-6-12-25-17/h1-12,22H,13-15H2,(H,26,31,32). The highest BCUT2D eigenvalue weighted by Gasteiger charge is 2.34. The number of Topliss-reactive ketones (excluding diaryl/α,β-unsaturated/α-hetero) is 1. The Morgan fingerprint density at radius 3 is 2.09 bits per heavy atom. The van der Waals surface area contributed by atoms with Gasteiger partial charge in [0.2, 0.25) is 11.9 Å². The number of carbonyl (C=O) groups is 3. The van der Waals surface area contributed by atoms with Crippen LogP contribution in [0, 0.1) is 0 Å². The van der Waals surface area contributed by atoms with Crippen LogP contribution in [0.5, 0.6) is 0 Å². The molecule has 2 amide bonds. The number of anilines is 1. The van der Waals surface area contributed by atoms with E-state index in [9.17, 15) is 14.4 Å². The van der Waals surface area contributed by atoms with Gasteiger partial charge >= 0.3 is 0 Å². The Balaban J connectivity index is 1.65. The number of hydrogen-bond donors (Lipinski definition) is 1. The zero-order valence-electron chi connectivity index (χ0n) is 17.1. The summed E-state index contributed by atoms with van der Waals surface area (Å²) in [5.74, 6) is -1.95. The Morgan fingerprint density at radius 1 is 0.875 bits per heavy atom. The second-order valence-corrected chi connectivity index (χ2v) is 7.16. The smallest absolute Gasteiger partial charge is 0.261 e. The number of benzene rings is 1. The van der Waals surface area contributed by atoms with Crippen molar-refractivity contribution in [3.05, 3.63) is 84.4 Å². The van der Waals surface area contributed by atoms with Crippen molar-refractivity contribution in [2.24, 2.45) is 10.2 Å². The van der Waals surface area contributed by atoms with Gasteiger partial charge in [-0.15, -0.1) is 0 Å². The molecule has 1 fully saturated rings. The number of nitrogens with zero attached hydrogens (tertiary/aromatic N) is 5. The molecule has 1 aromatic carbocycles. The highest BCUT2D eigenvalue weighted by atomic mass is 16.2. The fourth-order valence-corrected chi connectivity index (χ4v) is 3.30. The van der Waals surface area contributed by atoms with Gasteiger partial charge in [-0.25, -0.2) is 0 Å². The molecule has 3 aromatic rings. The molecule has 3 heterocycles. The highest BCUT2D eigenvalue weighted by molar-refractivity contribution is 6.20. The molecule has 32 heavy (non-hydrogen) atoms. The molecule has 9 heteroatoms. The van der Waals surface area contributed by atoms with Gasteiger partial charge in [0.1, 0.15) is 5.69 Å². The first-order chi connectivity index (χ1) is 15.6. The number of nitrogens with one attached hydrogen (secondary N) is 1. The van der Waals surface area contributed by atoms with Crippen molar-refractivity contribution in [2.45, 2.75) is 25.6 Å². The lowest BCUT2D eigenvalue weighted by molar-refractivity contribution is -0.140. The van der Waals surface area contributed by atoms with E-state index < -0.39 is 23.6 Å². The number of ketones is 1. The summed E-state index contributed by atoms with van der Waals surface area (Å²) in [6, 6.07) is 17.4. The molecule has 1 atom stereocenters. The van der Waals surface area contributed by atoms with Gasteiger partial charge < -0.3 is 4.90 Å². The van der Waals surface area contributed by atoms with Crippen LogP contribution in [0.4, 0.5) is 11.4 Å². The van der Waals surface area contributed by atoms with Crippen LogP contribution in [0.15, 0.2) is 83.3 Å². The molecule has 1 aliphatic rings. The molecule has 1 unspecified atom stereocenters. The molecule has 1 saturated heterocycles. The first kappa shape index (κ1) is 21.0. The lowest BCUT2D eigenvalue weighted by atomic mass is 10.1. The number of hydrogen-bond acceptors (Lipinski definition) is 8. The van der Waals surface area contributed by atoms with Crippen LogP contribution in [-0.4, -0.2) is 33.6 Å². The number of azo groups is 1. The summed E-state index contributed by atoms with van der Waals surface area (Å²) in [5.41, 5.74) is 2.94. The van der Waals surface area contributed by atoms with E-state index in [0.29, 0.717) is 18.8 Å². The molecule has 0 aliphatic carbocycles. The van der Waals surface area contributed by atoms with Crippen LogP contribution in [0.2, 0.25) is 0 Å². The van der Waals surface area contributed by atoms with E-state index in [1.54, 1.807) is 24.5 Å². The third kappa shape index (κ3) is 5.07. The molecule has 0 spiro atoms. The number of para-hydroxylation sites is 1. The van der Waals surface area contributed by atoms with E-state index in [0.717, 1.165) is 17.1 Å². The lowest BCUT2D eigenvalue weighted by Gasteiger charge is -2.25. The van der Waals surface area contributed by atoms with Gasteiger partial charge in [-0.05, 0) is 36.4 Å². The predicted octanol–water partition coefficient (Wildman–Crippen LogP) is 2.75. The van der Waals surface area contributed by atoms with Crippen molar-refractivity contribution < 1.29 is 14.4 Å². The molecule has 0 radical (unpaired) electrons. The fraction of sp³-hybridized carbons (Fsp3) is 0.174. The van der Waals surface area contributed by atoms with Crippen LogP contribution < -0.4 is 10.2 Å². The SMILES string of the molecule is O=C1CC(=O)C(N=Nc2ccccc2N(Cc2ccccn2)Cc2ccccn2)C(=O)N1. The number of pyridine rings is 2. The van der Waals surface area contributed by atoms with E-state index >= 15 is 0 Å². The van der Waals surface area contributed by atoms with Crippen LogP contribution in [0.25, 0.3) is 0 Å². The van der Waals surface area contributed by atoms with Gasteiger partial charge in [0, 0.05) is 12.4 Å². The molecule has 9 nitrogen and oxygen atoms in total. The summed E-state index contributed by atoms with van der Waals surface area (Å²) in [7, 11) is 0. The van der Waals surface area contributed by atoms with Gasteiger partial charge in [-0.1, -0.05) is 24.3 Å². The zero-order valence-corrected chi connectivity index (χ0v) is 17.1. The first-order valence-electron chi connectivity index (χ1n) is 10.0. The van der Waals surface area contributed by atoms with E-state index in [1.807, 2.05) is 53.4 Å². The number of amides is 2. The average Bonchev–Trinajstić information content (AvgIpc) is 2.80. The van der Waals surface area contributed by atoms with Gasteiger partial charge in [-0.2, -0.15) is 10.2 Å². The van der Waals surface area contributed by atoms with E-state index in [2.05, 4.69) is 25.5 Å². The molecule has 4 rings (SSSR count). The second kappa shape index (κ2) is 9.69. The minimum absolute atomic E-state index is 0.386. The van der Waals surface area contributed by atoms with E-state index in [-0.39, 0.29) is 6.42 Å². The summed E-state index contributed by atoms with van der Waals surface area (Å²) in [5, 5.41) is 10.3. The number of rotatable bonds is 7. The van der Waals surface area contributed by atoms with Gasteiger partial charge in [0.15, 0.2) is 5.78 Å². The maximum absolute atomic E-state index is 12.1. The first-order valence-corrected chi connectivity index (χ1v) is 10.0. The fourth-order valence-electron chi connectivity index (χ4n) is 3.30. The van der Waals surface area contributed by atoms with Gasteiger partial charge in [0.05, 0.1) is 36.6 Å². The van der Waals surface area contributed by atoms with Crippen molar-refractivity contribution in [1.29, 1.82) is 0 Å². The van der Waals surface area contributed by atoms with Crippen molar-refractivity contribution >= 4 is 29.0 Å². The number of carbonyl (C=O) groups excluding carboxylic acids is 3. The van der Waals surface area contributed by atoms with Gasteiger partial charge in [0.25, 0.3) is 5.91 Å². The summed E-state index contributed by atoms with van der Waals surface area (Å²) >= 11 is 0. The third-order valence-electron chi connectivity index (χ3n) is 4.81. The van der Waals surface area contributed by atoms with Crippen LogP contribution >= 0.6 is 0 Å². The molecule has 1 aliphatic heterocycles. The van der Waals surface area contributed by atoms with Crippen LogP contribution in [0.3, 0.4) is 0 Å². The summed E-state index contributed by atoms with van der Waals surface area (Å²) in [6.45, 7) is 0.975. The lowest BCUT2D eigenvalue weighted by Crippen LogP contribution is -2.48. The number of piperidine rings is 1. The predicted molar refractivity (Wildman–Crippen MR) is 116 cm³/mol. The summed E-state index contributed by atoms with van der Waals surface area (Å²) < 4.78 is 0. The normalized spacial score (nSPS) is 16.2. The largest absolute Gasteiger partial charge is 0.358 e. The van der Waals surface area contributed by atoms with Gasteiger partial charge in [-0.3, -0.25) is 29.7 Å². The van der Waals surface area contributed by atoms with E-state index in [1.165, 1.54) is 0 Å². The van der Waals surface area contributed by atoms with Crippen LogP contribution in [0.1, 0.15) is 17.8 Å². The molecule has 160 valence electrons. The monoisotopic (exact) mass is 428 g/mol. The minimum Gasteiger partial charge on any atom is -0.358 e. The molecule has 2 aromatic heterocycles. The van der Waals surface area contributed by atoms with Crippen molar-refractivity contribution in [2.75, 3.05) is 4.90 Å². The topological polar surface area (TPSA) is 117 Å². The Hall–Kier alpha value is -4.27. The van der Waals surface area contributed by atoms with Crippen molar-refractivity contribution in [3.63, 3.8) is 0 Å². The summed E-state index contributed by atoms with van der Waals surface area (Å²) in [6.07, 6.45) is 3.07. The molecular weight excluding hydrogens is 408 g/mol. The average molecular weight is 428 g/mol. The maximum Gasteiger partial charge on any atom is 0.261 e. The quantitative estimate of drug-likeness (QED) is 0.351. The number of imide groups is 1. The zero-order chi connectivity index (χ0) is 22.3. The highest BCUT2D eigenvalue weighted by Crippen LogP contribution is 2.31. The number of aromatic nitrogens is 2. The van der Waals surface area contributed by atoms with Crippen molar-refractivity contribution in [1.82, 2.24) is 15.3 Å². The van der Waals surface area contributed by atoms with Crippen LogP contribution in [-0.2, 0) is 27.5 Å². The minimum atomic E-state index is -1.33. The second-order valence-electron chi connectivity index (χ2n) is 7.16. The molecule has 0 bridgehead atoms. The Labute approximate surface area is 184 Å². The third-order valence-corrected chi connectivity index (χ3v) is 4.81. The van der Waals surface area contributed by atoms with E-state index in [4.69, 9.17) is 0 Å².